The van der Waals surface area contributed by atoms with Crippen molar-refractivity contribution in [3.8, 4) is 0 Å². The zero-order chi connectivity index (χ0) is 22.5. The van der Waals surface area contributed by atoms with Gasteiger partial charge in [-0.1, -0.05) is 0 Å². The fraction of sp³-hybridized carbons (Fsp3) is 0.478. The minimum absolute atomic E-state index is 0.0296. The van der Waals surface area contributed by atoms with Crippen LogP contribution < -0.4 is 9.80 Å². The first-order chi connectivity index (χ1) is 15.5. The molecule has 0 saturated carbocycles. The van der Waals surface area contributed by atoms with E-state index in [4.69, 9.17) is 4.74 Å². The molecule has 2 aromatic rings. The lowest BCUT2D eigenvalue weighted by atomic mass is 10.1. The summed E-state index contributed by atoms with van der Waals surface area (Å²) in [6.45, 7) is 7.42. The van der Waals surface area contributed by atoms with E-state index in [0.717, 1.165) is 24.3 Å². The van der Waals surface area contributed by atoms with Crippen molar-refractivity contribution in [1.82, 2.24) is 19.8 Å². The summed E-state index contributed by atoms with van der Waals surface area (Å²) in [6, 6.07) is 7.49. The molecule has 3 heterocycles. The van der Waals surface area contributed by atoms with Gasteiger partial charge < -0.3 is 24.3 Å². The summed E-state index contributed by atoms with van der Waals surface area (Å²) in [4.78, 5) is 42.0. The van der Waals surface area contributed by atoms with Crippen LogP contribution in [0.5, 0.6) is 0 Å². The number of anilines is 2. The van der Waals surface area contributed by atoms with Crippen molar-refractivity contribution in [2.45, 2.75) is 6.92 Å². The van der Waals surface area contributed by atoms with Gasteiger partial charge in [0.15, 0.2) is 0 Å². The highest BCUT2D eigenvalue weighted by atomic mass is 16.5. The number of piperazine rings is 1. The number of rotatable bonds is 5. The van der Waals surface area contributed by atoms with E-state index in [1.807, 2.05) is 46.9 Å². The summed E-state index contributed by atoms with van der Waals surface area (Å²) in [7, 11) is 1.91. The lowest BCUT2D eigenvalue weighted by Crippen LogP contribution is -2.51. The Morgan fingerprint density at radius 2 is 1.69 bits per heavy atom. The lowest BCUT2D eigenvalue weighted by molar-refractivity contribution is -0.129. The zero-order valence-electron chi connectivity index (χ0n) is 18.7. The molecular formula is C23H30N6O3. The molecule has 2 amide bonds. The smallest absolute Gasteiger partial charge is 0.254 e. The minimum atomic E-state index is 0.0296. The molecule has 9 nitrogen and oxygen atoms in total. The van der Waals surface area contributed by atoms with E-state index in [2.05, 4.69) is 14.9 Å². The molecule has 170 valence electrons. The number of amides is 2. The summed E-state index contributed by atoms with van der Waals surface area (Å²) < 4.78 is 5.33. The molecule has 0 N–H and O–H groups in total. The summed E-state index contributed by atoms with van der Waals surface area (Å²) >= 11 is 0. The van der Waals surface area contributed by atoms with E-state index in [0.29, 0.717) is 57.4 Å². The van der Waals surface area contributed by atoms with Gasteiger partial charge in [0.25, 0.3) is 5.91 Å². The van der Waals surface area contributed by atoms with E-state index in [9.17, 15) is 9.59 Å². The monoisotopic (exact) mass is 438 g/mol. The van der Waals surface area contributed by atoms with Gasteiger partial charge in [-0.3, -0.25) is 9.59 Å². The van der Waals surface area contributed by atoms with Gasteiger partial charge in [0.2, 0.25) is 11.9 Å². The normalized spacial score (nSPS) is 16.8. The highest BCUT2D eigenvalue weighted by Crippen LogP contribution is 2.22. The maximum atomic E-state index is 12.9. The quantitative estimate of drug-likeness (QED) is 0.690. The van der Waals surface area contributed by atoms with Gasteiger partial charge in [-0.05, 0) is 36.8 Å². The van der Waals surface area contributed by atoms with E-state index in [1.165, 1.54) is 0 Å². The van der Waals surface area contributed by atoms with Crippen LogP contribution in [0.3, 0.4) is 0 Å². The minimum Gasteiger partial charge on any atom is -0.378 e. The van der Waals surface area contributed by atoms with Crippen LogP contribution in [0.25, 0.3) is 0 Å². The van der Waals surface area contributed by atoms with Gasteiger partial charge in [0, 0.05) is 70.0 Å². The Hall–Kier alpha value is -3.20. The maximum Gasteiger partial charge on any atom is 0.254 e. The Balaban J connectivity index is 1.33. The van der Waals surface area contributed by atoms with E-state index in [1.54, 1.807) is 18.5 Å². The second kappa shape index (κ2) is 9.95. The number of aryl methyl sites for hydroxylation is 1. The van der Waals surface area contributed by atoms with Crippen LogP contribution in [0, 0.1) is 6.92 Å². The molecule has 0 radical (unpaired) electrons. The average molecular weight is 439 g/mol. The van der Waals surface area contributed by atoms with Crippen molar-refractivity contribution >= 4 is 23.5 Å². The second-order valence-corrected chi connectivity index (χ2v) is 8.18. The van der Waals surface area contributed by atoms with Crippen LogP contribution in [0.1, 0.15) is 15.9 Å². The summed E-state index contributed by atoms with van der Waals surface area (Å²) in [5.41, 5.74) is 2.60. The van der Waals surface area contributed by atoms with Gasteiger partial charge in [-0.2, -0.15) is 0 Å². The van der Waals surface area contributed by atoms with E-state index >= 15 is 0 Å². The van der Waals surface area contributed by atoms with Crippen LogP contribution in [-0.2, 0) is 9.53 Å². The Kier molecular flexibility index (Phi) is 6.84. The first-order valence-corrected chi connectivity index (χ1v) is 11.0. The molecule has 2 saturated heterocycles. The summed E-state index contributed by atoms with van der Waals surface area (Å²) in [5.74, 6) is 0.829. The van der Waals surface area contributed by atoms with Gasteiger partial charge in [-0.25, -0.2) is 9.97 Å². The zero-order valence-corrected chi connectivity index (χ0v) is 18.7. The molecular weight excluding hydrogens is 408 g/mol. The largest absolute Gasteiger partial charge is 0.378 e. The van der Waals surface area contributed by atoms with Crippen LogP contribution in [-0.4, -0.2) is 97.7 Å². The van der Waals surface area contributed by atoms with Crippen molar-refractivity contribution in [3.05, 3.63) is 47.8 Å². The standard InChI is InChI=1S/C23H30N6O3/c1-18-16-19(22(31)28-12-14-32-15-13-28)4-5-20(18)26(2)17-21(30)27-8-10-29(11-9-27)23-24-6-3-7-25-23/h3-7,16H,8-15,17H2,1-2H3. The highest BCUT2D eigenvalue weighted by molar-refractivity contribution is 5.95. The van der Waals surface area contributed by atoms with Gasteiger partial charge in [-0.15, -0.1) is 0 Å². The van der Waals surface area contributed by atoms with Crippen LogP contribution in [0.4, 0.5) is 11.6 Å². The number of benzene rings is 1. The Bertz CT molecular complexity index is 940. The number of likely N-dealkylation sites (N-methyl/N-ethyl adjacent to an activating group) is 1. The molecule has 0 atom stereocenters. The van der Waals surface area contributed by atoms with Crippen LogP contribution >= 0.6 is 0 Å². The molecule has 9 heteroatoms. The summed E-state index contributed by atoms with van der Waals surface area (Å²) in [6.07, 6.45) is 3.47. The molecule has 1 aromatic carbocycles. The number of ether oxygens (including phenoxy) is 1. The fourth-order valence-corrected chi connectivity index (χ4v) is 4.16. The molecule has 2 aliphatic rings. The third-order valence-corrected chi connectivity index (χ3v) is 5.99. The molecule has 0 unspecified atom stereocenters. The maximum absolute atomic E-state index is 12.9. The average Bonchev–Trinajstić information content (AvgIpc) is 2.84. The van der Waals surface area contributed by atoms with Crippen LogP contribution in [0.2, 0.25) is 0 Å². The second-order valence-electron chi connectivity index (χ2n) is 8.18. The third kappa shape index (κ3) is 4.99. The Morgan fingerprint density at radius 3 is 2.34 bits per heavy atom. The Morgan fingerprint density at radius 1 is 1.00 bits per heavy atom. The molecule has 2 aliphatic heterocycles. The Labute approximate surface area is 188 Å². The molecule has 1 aromatic heterocycles. The van der Waals surface area contributed by atoms with Crippen molar-refractivity contribution in [1.29, 1.82) is 0 Å². The number of carbonyl (C=O) groups is 2. The number of nitrogens with zero attached hydrogens (tertiary/aromatic N) is 6. The van der Waals surface area contributed by atoms with Gasteiger partial charge in [0.05, 0.1) is 19.8 Å². The third-order valence-electron chi connectivity index (χ3n) is 5.99. The predicted octanol–water partition coefficient (Wildman–Crippen LogP) is 1.04. The number of aromatic nitrogens is 2. The number of carbonyl (C=O) groups excluding carboxylic acids is 2. The molecule has 4 rings (SSSR count). The first-order valence-electron chi connectivity index (χ1n) is 11.0. The van der Waals surface area contributed by atoms with Crippen molar-refractivity contribution in [3.63, 3.8) is 0 Å². The fourth-order valence-electron chi connectivity index (χ4n) is 4.16. The predicted molar refractivity (Wildman–Crippen MR) is 122 cm³/mol. The van der Waals surface area contributed by atoms with Crippen LogP contribution in [0.15, 0.2) is 36.7 Å². The van der Waals surface area contributed by atoms with E-state index < -0.39 is 0 Å². The number of hydrogen-bond acceptors (Lipinski definition) is 7. The SMILES string of the molecule is Cc1cc(C(=O)N2CCOCC2)ccc1N(C)CC(=O)N1CCN(c2ncccn2)CC1. The molecule has 0 spiro atoms. The topological polar surface area (TPSA) is 82.1 Å². The lowest BCUT2D eigenvalue weighted by Gasteiger charge is -2.35. The molecule has 0 aliphatic carbocycles. The van der Waals surface area contributed by atoms with Crippen molar-refractivity contribution in [2.75, 3.05) is 75.9 Å². The number of hydrogen-bond donors (Lipinski definition) is 0. The molecule has 2 fully saturated rings. The molecule has 32 heavy (non-hydrogen) atoms. The number of morpholine rings is 1. The first kappa shape index (κ1) is 22.0. The van der Waals surface area contributed by atoms with Gasteiger partial charge in [0.1, 0.15) is 0 Å². The molecule has 0 bridgehead atoms. The van der Waals surface area contributed by atoms with Gasteiger partial charge >= 0.3 is 0 Å². The van der Waals surface area contributed by atoms with Crippen molar-refractivity contribution < 1.29 is 14.3 Å². The van der Waals surface area contributed by atoms with E-state index in [-0.39, 0.29) is 11.8 Å². The highest BCUT2D eigenvalue weighted by Gasteiger charge is 2.24. The summed E-state index contributed by atoms with van der Waals surface area (Å²) in [5, 5.41) is 0. The van der Waals surface area contributed by atoms with Crippen molar-refractivity contribution in [2.24, 2.45) is 0 Å².